The smallest absolute Gasteiger partial charge is 0.325 e. The van der Waals surface area contributed by atoms with Crippen molar-refractivity contribution < 1.29 is 14.3 Å². The lowest BCUT2D eigenvalue weighted by atomic mass is 9.90. The maximum Gasteiger partial charge on any atom is 0.325 e. The predicted octanol–water partition coefficient (Wildman–Crippen LogP) is 3.73. The molecule has 0 radical (unpaired) electrons. The number of hydrogen-bond acceptors (Lipinski definition) is 3. The van der Waals surface area contributed by atoms with Gasteiger partial charge in [0.2, 0.25) is 0 Å². The summed E-state index contributed by atoms with van der Waals surface area (Å²) in [6, 6.07) is 12.7. The lowest BCUT2D eigenvalue weighted by molar-refractivity contribution is -0.131. The van der Waals surface area contributed by atoms with E-state index in [1.165, 1.54) is 4.90 Å². The molecule has 1 fully saturated rings. The summed E-state index contributed by atoms with van der Waals surface area (Å²) in [7, 11) is 1.60. The van der Waals surface area contributed by atoms with Gasteiger partial charge in [0.15, 0.2) is 0 Å². The first-order valence-corrected chi connectivity index (χ1v) is 8.68. The molecule has 1 aliphatic rings. The first kappa shape index (κ1) is 17.5. The van der Waals surface area contributed by atoms with E-state index >= 15 is 0 Å². The Balaban J connectivity index is 1.89. The monoisotopic (exact) mass is 402 g/mol. The van der Waals surface area contributed by atoms with Crippen LogP contribution < -0.4 is 10.1 Å². The molecule has 0 spiro atoms. The molecule has 0 saturated carbocycles. The molecule has 6 heteroatoms. The number of benzene rings is 2. The number of ether oxygens (including phenoxy) is 1. The van der Waals surface area contributed by atoms with E-state index in [0.717, 1.165) is 26.9 Å². The number of amides is 3. The van der Waals surface area contributed by atoms with Crippen LogP contribution >= 0.6 is 15.9 Å². The fourth-order valence-corrected chi connectivity index (χ4v) is 3.26. The molecular formula is C19H19BrN2O3. The summed E-state index contributed by atoms with van der Waals surface area (Å²) >= 11 is 3.38. The number of halogens is 1. The molecular weight excluding hydrogens is 384 g/mol. The number of carbonyl (C=O) groups excluding carboxylic acids is 2. The molecule has 2 aromatic carbocycles. The van der Waals surface area contributed by atoms with Gasteiger partial charge in [-0.15, -0.1) is 0 Å². The van der Waals surface area contributed by atoms with E-state index in [1.54, 1.807) is 14.0 Å². The van der Waals surface area contributed by atoms with Crippen LogP contribution in [0.4, 0.5) is 4.79 Å². The van der Waals surface area contributed by atoms with Crippen molar-refractivity contribution in [2.75, 3.05) is 7.11 Å². The van der Waals surface area contributed by atoms with Crippen LogP contribution in [0.1, 0.15) is 23.6 Å². The maximum atomic E-state index is 13.0. The number of nitrogens with one attached hydrogen (secondary N) is 1. The van der Waals surface area contributed by atoms with Crippen LogP contribution in [0.2, 0.25) is 0 Å². The molecule has 1 unspecified atom stereocenters. The van der Waals surface area contributed by atoms with Crippen molar-refractivity contribution in [3.63, 3.8) is 0 Å². The summed E-state index contributed by atoms with van der Waals surface area (Å²) in [5.41, 5.74) is 1.46. The molecule has 5 nitrogen and oxygen atoms in total. The summed E-state index contributed by atoms with van der Waals surface area (Å²) < 4.78 is 6.22. The Morgan fingerprint density at radius 1 is 1.16 bits per heavy atom. The molecule has 1 atom stereocenters. The van der Waals surface area contributed by atoms with Gasteiger partial charge in [0, 0.05) is 4.47 Å². The Morgan fingerprint density at radius 3 is 2.44 bits per heavy atom. The number of imide groups is 1. The van der Waals surface area contributed by atoms with Crippen molar-refractivity contribution in [2.24, 2.45) is 0 Å². The second-order valence-corrected chi connectivity index (χ2v) is 7.17. The summed E-state index contributed by atoms with van der Waals surface area (Å²) in [6.07, 6.45) is 0. The average Bonchev–Trinajstić information content (AvgIpc) is 2.81. The molecule has 0 aromatic heterocycles. The van der Waals surface area contributed by atoms with E-state index in [2.05, 4.69) is 21.2 Å². The minimum absolute atomic E-state index is 0.239. The number of carbonyl (C=O) groups is 2. The lowest BCUT2D eigenvalue weighted by Crippen LogP contribution is -2.40. The zero-order valence-electron chi connectivity index (χ0n) is 14.3. The fraction of sp³-hybridized carbons (Fsp3) is 0.263. The predicted molar refractivity (Wildman–Crippen MR) is 98.3 cm³/mol. The second-order valence-electron chi connectivity index (χ2n) is 6.26. The molecule has 2 aromatic rings. The standard InChI is InChI=1S/C19H19BrN2O3/c1-12-10-14(6-9-16(12)25-3)19(2)17(23)22(18(24)21-19)11-13-4-7-15(20)8-5-13/h4-10H,11H2,1-3H3,(H,21,24). The van der Waals surface area contributed by atoms with Crippen LogP contribution in [-0.4, -0.2) is 23.9 Å². The van der Waals surface area contributed by atoms with Crippen LogP contribution in [0.15, 0.2) is 46.9 Å². The highest BCUT2D eigenvalue weighted by Crippen LogP contribution is 2.32. The maximum absolute atomic E-state index is 13.0. The minimum atomic E-state index is -1.08. The lowest BCUT2D eigenvalue weighted by Gasteiger charge is -2.23. The van der Waals surface area contributed by atoms with Gasteiger partial charge >= 0.3 is 6.03 Å². The Hall–Kier alpha value is -2.34. The minimum Gasteiger partial charge on any atom is -0.496 e. The fourth-order valence-electron chi connectivity index (χ4n) is 3.00. The van der Waals surface area contributed by atoms with E-state index in [1.807, 2.05) is 49.4 Å². The van der Waals surface area contributed by atoms with Crippen LogP contribution in [0, 0.1) is 6.92 Å². The molecule has 25 heavy (non-hydrogen) atoms. The first-order chi connectivity index (χ1) is 11.8. The van der Waals surface area contributed by atoms with E-state index in [0.29, 0.717) is 0 Å². The number of urea groups is 1. The van der Waals surface area contributed by atoms with Gasteiger partial charge in [-0.1, -0.05) is 34.1 Å². The van der Waals surface area contributed by atoms with Crippen molar-refractivity contribution in [2.45, 2.75) is 25.9 Å². The largest absolute Gasteiger partial charge is 0.496 e. The van der Waals surface area contributed by atoms with Crippen LogP contribution in [0.5, 0.6) is 5.75 Å². The Bertz CT molecular complexity index is 835. The molecule has 1 heterocycles. The Morgan fingerprint density at radius 2 is 1.84 bits per heavy atom. The third-order valence-electron chi connectivity index (χ3n) is 4.50. The topological polar surface area (TPSA) is 58.6 Å². The second kappa shape index (κ2) is 6.52. The zero-order chi connectivity index (χ0) is 18.2. The number of rotatable bonds is 4. The van der Waals surface area contributed by atoms with E-state index in [9.17, 15) is 9.59 Å². The third kappa shape index (κ3) is 3.14. The highest BCUT2D eigenvalue weighted by Gasteiger charge is 2.48. The summed E-state index contributed by atoms with van der Waals surface area (Å²) in [6.45, 7) is 3.88. The van der Waals surface area contributed by atoms with Crippen molar-refractivity contribution in [3.8, 4) is 5.75 Å². The molecule has 3 amide bonds. The number of methoxy groups -OCH3 is 1. The summed E-state index contributed by atoms with van der Waals surface area (Å²) in [4.78, 5) is 26.6. The van der Waals surface area contributed by atoms with Gasteiger partial charge in [-0.05, 0) is 54.8 Å². The molecule has 1 N–H and O–H groups in total. The molecule has 130 valence electrons. The molecule has 1 aliphatic heterocycles. The van der Waals surface area contributed by atoms with Gasteiger partial charge in [0.1, 0.15) is 11.3 Å². The molecule has 3 rings (SSSR count). The summed E-state index contributed by atoms with van der Waals surface area (Å²) in [5.74, 6) is 0.487. The van der Waals surface area contributed by atoms with Gasteiger partial charge in [-0.25, -0.2) is 4.79 Å². The van der Waals surface area contributed by atoms with Crippen LogP contribution in [0.25, 0.3) is 0 Å². The number of aryl methyl sites for hydroxylation is 1. The zero-order valence-corrected chi connectivity index (χ0v) is 15.9. The normalized spacial score (nSPS) is 19.9. The van der Waals surface area contributed by atoms with Crippen molar-refractivity contribution in [1.82, 2.24) is 10.2 Å². The van der Waals surface area contributed by atoms with E-state index in [-0.39, 0.29) is 18.5 Å². The summed E-state index contributed by atoms with van der Waals surface area (Å²) in [5, 5.41) is 2.83. The van der Waals surface area contributed by atoms with Crippen molar-refractivity contribution in [3.05, 3.63) is 63.6 Å². The van der Waals surface area contributed by atoms with Crippen molar-refractivity contribution >= 4 is 27.9 Å². The average molecular weight is 403 g/mol. The Labute approximate surface area is 155 Å². The molecule has 1 saturated heterocycles. The third-order valence-corrected chi connectivity index (χ3v) is 5.03. The van der Waals surface area contributed by atoms with Gasteiger partial charge in [0.05, 0.1) is 13.7 Å². The van der Waals surface area contributed by atoms with E-state index < -0.39 is 5.54 Å². The van der Waals surface area contributed by atoms with Gasteiger partial charge in [0.25, 0.3) is 5.91 Å². The Kier molecular flexibility index (Phi) is 4.56. The van der Waals surface area contributed by atoms with Gasteiger partial charge < -0.3 is 10.1 Å². The van der Waals surface area contributed by atoms with Crippen molar-refractivity contribution in [1.29, 1.82) is 0 Å². The van der Waals surface area contributed by atoms with Crippen LogP contribution in [-0.2, 0) is 16.9 Å². The highest BCUT2D eigenvalue weighted by atomic mass is 79.9. The van der Waals surface area contributed by atoms with Gasteiger partial charge in [-0.2, -0.15) is 0 Å². The van der Waals surface area contributed by atoms with Gasteiger partial charge in [-0.3, -0.25) is 9.69 Å². The van der Waals surface area contributed by atoms with Crippen LogP contribution in [0.3, 0.4) is 0 Å². The quantitative estimate of drug-likeness (QED) is 0.792. The number of nitrogens with zero attached hydrogens (tertiary/aromatic N) is 1. The number of hydrogen-bond donors (Lipinski definition) is 1. The highest BCUT2D eigenvalue weighted by molar-refractivity contribution is 9.10. The SMILES string of the molecule is COc1ccc(C2(C)NC(=O)N(Cc3ccc(Br)cc3)C2=O)cc1C. The first-order valence-electron chi connectivity index (χ1n) is 7.89. The van der Waals surface area contributed by atoms with E-state index in [4.69, 9.17) is 4.74 Å². The molecule has 0 bridgehead atoms. The molecule has 0 aliphatic carbocycles.